The molecular formula is C7H5F4P. The highest BCUT2D eigenvalue weighted by atomic mass is 31.0. The van der Waals surface area contributed by atoms with Crippen molar-refractivity contribution in [1.82, 2.24) is 0 Å². The van der Waals surface area contributed by atoms with Crippen LogP contribution in [0, 0.1) is 12.5 Å². The first-order valence-corrected chi connectivity index (χ1v) is 4.01. The van der Waals surface area contributed by atoms with E-state index in [9.17, 15) is 17.6 Å². The Kier molecular flexibility index (Phi) is 2.38. The van der Waals surface area contributed by atoms with E-state index in [4.69, 9.17) is 0 Å². The lowest BCUT2D eigenvalue weighted by atomic mass is 10.3. The molecule has 0 aliphatic heterocycles. The van der Waals surface area contributed by atoms with Crippen LogP contribution in [-0.2, 0) is 6.18 Å². The molecule has 0 atom stereocenters. The average Bonchev–Trinajstić information content (AvgIpc) is 1.92. The third-order valence-electron chi connectivity index (χ3n) is 1.33. The predicted molar refractivity (Wildman–Crippen MR) is 38.7 cm³/mol. The SMILES string of the molecule is Cc1ccc(C(F)(F)F)pc1F. The van der Waals surface area contributed by atoms with Gasteiger partial charge < -0.3 is 0 Å². The lowest BCUT2D eigenvalue weighted by molar-refractivity contribution is -0.134. The van der Waals surface area contributed by atoms with Gasteiger partial charge in [0.15, 0.2) is 5.55 Å². The van der Waals surface area contributed by atoms with Crippen LogP contribution in [0.5, 0.6) is 0 Å². The van der Waals surface area contributed by atoms with E-state index in [1.54, 1.807) is 0 Å². The number of alkyl halides is 3. The van der Waals surface area contributed by atoms with Gasteiger partial charge in [-0.25, -0.2) is 4.39 Å². The topological polar surface area (TPSA) is 0 Å². The van der Waals surface area contributed by atoms with Crippen LogP contribution in [0.3, 0.4) is 0 Å². The van der Waals surface area contributed by atoms with Gasteiger partial charge in [-0.05, 0) is 26.7 Å². The van der Waals surface area contributed by atoms with Crippen molar-refractivity contribution in [2.24, 2.45) is 0 Å². The summed E-state index contributed by atoms with van der Waals surface area (Å²) in [4.78, 5) is 0. The van der Waals surface area contributed by atoms with Crippen LogP contribution in [0.1, 0.15) is 10.9 Å². The Hall–Kier alpha value is -0.630. The molecule has 0 bridgehead atoms. The van der Waals surface area contributed by atoms with Crippen LogP contribution in [0.25, 0.3) is 0 Å². The van der Waals surface area contributed by atoms with Crippen LogP contribution in [-0.4, -0.2) is 0 Å². The predicted octanol–water partition coefficient (Wildman–Crippen LogP) is 3.73. The number of hydrogen-bond donors (Lipinski definition) is 0. The summed E-state index contributed by atoms with van der Waals surface area (Å²) in [7, 11) is -0.382. The summed E-state index contributed by atoms with van der Waals surface area (Å²) in [5.74, 6) is 0. The molecule has 0 aromatic carbocycles. The fourth-order valence-corrected chi connectivity index (χ4v) is 1.40. The number of aryl methyl sites for hydroxylation is 1. The fraction of sp³-hybridized carbons (Fsp3) is 0.286. The lowest BCUT2D eigenvalue weighted by Gasteiger charge is -2.05. The molecule has 0 N–H and O–H groups in total. The second-order valence-corrected chi connectivity index (χ2v) is 3.40. The molecule has 0 unspecified atom stereocenters. The molecule has 1 rings (SSSR count). The van der Waals surface area contributed by atoms with Crippen LogP contribution >= 0.6 is 8.19 Å². The van der Waals surface area contributed by atoms with Gasteiger partial charge in [-0.2, -0.15) is 13.2 Å². The molecule has 5 heteroatoms. The second kappa shape index (κ2) is 3.02. The Morgan fingerprint density at radius 1 is 1.25 bits per heavy atom. The van der Waals surface area contributed by atoms with Gasteiger partial charge in [-0.15, -0.1) is 0 Å². The summed E-state index contributed by atoms with van der Waals surface area (Å²) in [5, 5.41) is -0.856. The zero-order valence-corrected chi connectivity index (χ0v) is 7.01. The molecule has 0 saturated heterocycles. The van der Waals surface area contributed by atoms with Crippen LogP contribution < -0.4 is 0 Å². The van der Waals surface area contributed by atoms with E-state index in [2.05, 4.69) is 0 Å². The molecule has 0 saturated carbocycles. The Balaban J connectivity index is 3.14. The van der Waals surface area contributed by atoms with Crippen LogP contribution in [0.2, 0.25) is 0 Å². The van der Waals surface area contributed by atoms with Gasteiger partial charge in [-0.1, -0.05) is 6.07 Å². The first-order valence-electron chi connectivity index (χ1n) is 3.11. The van der Waals surface area contributed by atoms with E-state index >= 15 is 0 Å². The van der Waals surface area contributed by atoms with Crippen molar-refractivity contribution >= 4 is 8.19 Å². The molecular weight excluding hydrogens is 191 g/mol. The van der Waals surface area contributed by atoms with Crippen LogP contribution in [0.15, 0.2) is 12.1 Å². The molecule has 0 amide bonds. The maximum Gasteiger partial charge on any atom is 0.420 e. The average molecular weight is 196 g/mol. The zero-order valence-electron chi connectivity index (χ0n) is 6.11. The van der Waals surface area contributed by atoms with Crippen molar-refractivity contribution in [1.29, 1.82) is 0 Å². The van der Waals surface area contributed by atoms with Crippen LogP contribution in [0.4, 0.5) is 17.6 Å². The first-order chi connectivity index (χ1) is 5.41. The first kappa shape index (κ1) is 9.46. The summed E-state index contributed by atoms with van der Waals surface area (Å²) >= 11 is 0. The Labute approximate surface area is 68.3 Å². The molecule has 0 spiro atoms. The molecule has 66 valence electrons. The smallest absolute Gasteiger partial charge is 0.201 e. The van der Waals surface area contributed by atoms with Crippen molar-refractivity contribution in [2.45, 2.75) is 13.1 Å². The van der Waals surface area contributed by atoms with Gasteiger partial charge >= 0.3 is 6.18 Å². The van der Waals surface area contributed by atoms with Crippen molar-refractivity contribution in [3.8, 4) is 0 Å². The molecule has 0 nitrogen and oxygen atoms in total. The largest absolute Gasteiger partial charge is 0.420 e. The minimum Gasteiger partial charge on any atom is -0.201 e. The third kappa shape index (κ3) is 1.95. The molecule has 1 heterocycles. The van der Waals surface area contributed by atoms with E-state index in [0.717, 1.165) is 12.1 Å². The highest BCUT2D eigenvalue weighted by Crippen LogP contribution is 2.36. The summed E-state index contributed by atoms with van der Waals surface area (Å²) in [5.41, 5.74) is -0.477. The molecule has 0 radical (unpaired) electrons. The van der Waals surface area contributed by atoms with E-state index in [1.807, 2.05) is 0 Å². The Morgan fingerprint density at radius 3 is 2.25 bits per heavy atom. The molecule has 0 aliphatic carbocycles. The standard InChI is InChI=1S/C7H5F4P/c1-4-2-3-5(7(9,10)11)12-6(4)8/h2-3H,1H3. The van der Waals surface area contributed by atoms with Crippen molar-refractivity contribution in [3.63, 3.8) is 0 Å². The van der Waals surface area contributed by atoms with Gasteiger partial charge in [-0.3, -0.25) is 0 Å². The molecule has 12 heavy (non-hydrogen) atoms. The minimum absolute atomic E-state index is 0.254. The zero-order chi connectivity index (χ0) is 9.35. The van der Waals surface area contributed by atoms with Gasteiger partial charge in [0.2, 0.25) is 0 Å². The van der Waals surface area contributed by atoms with Gasteiger partial charge in [0.25, 0.3) is 0 Å². The normalized spacial score (nSPS) is 12.4. The van der Waals surface area contributed by atoms with E-state index in [0.29, 0.717) is 0 Å². The molecule has 1 aromatic rings. The highest BCUT2D eigenvalue weighted by Gasteiger charge is 2.31. The van der Waals surface area contributed by atoms with E-state index < -0.39 is 17.0 Å². The van der Waals surface area contributed by atoms with E-state index in [1.165, 1.54) is 6.92 Å². The summed E-state index contributed by atoms with van der Waals surface area (Å²) in [6.07, 6.45) is -4.42. The summed E-state index contributed by atoms with van der Waals surface area (Å²) in [6.45, 7) is 1.44. The highest BCUT2D eigenvalue weighted by molar-refractivity contribution is 7.30. The molecule has 0 fully saturated rings. The third-order valence-corrected chi connectivity index (χ3v) is 2.52. The quantitative estimate of drug-likeness (QED) is 0.554. The maximum atomic E-state index is 12.7. The Bertz CT molecular complexity index is 292. The van der Waals surface area contributed by atoms with Gasteiger partial charge in [0.05, 0.1) is 5.30 Å². The molecule has 1 aromatic heterocycles. The Morgan fingerprint density at radius 2 is 1.83 bits per heavy atom. The molecule has 0 aliphatic rings. The van der Waals surface area contributed by atoms with Crippen molar-refractivity contribution < 1.29 is 17.6 Å². The van der Waals surface area contributed by atoms with E-state index in [-0.39, 0.29) is 13.8 Å². The van der Waals surface area contributed by atoms with Gasteiger partial charge in [0.1, 0.15) is 0 Å². The summed E-state index contributed by atoms with van der Waals surface area (Å²) in [6, 6.07) is 2.04. The maximum absolute atomic E-state index is 12.7. The minimum atomic E-state index is -4.42. The van der Waals surface area contributed by atoms with Gasteiger partial charge in [0, 0.05) is 0 Å². The summed E-state index contributed by atoms with van der Waals surface area (Å²) < 4.78 is 48.5. The fourth-order valence-electron chi connectivity index (χ4n) is 0.662. The second-order valence-electron chi connectivity index (χ2n) is 2.30. The van der Waals surface area contributed by atoms with Crippen molar-refractivity contribution in [2.75, 3.05) is 0 Å². The number of halogens is 4. The monoisotopic (exact) mass is 196 g/mol. The van der Waals surface area contributed by atoms with Crippen molar-refractivity contribution in [3.05, 3.63) is 28.5 Å². The number of rotatable bonds is 0. The number of hydrogen-bond acceptors (Lipinski definition) is 0. The lowest BCUT2D eigenvalue weighted by Crippen LogP contribution is -2.02.